The first kappa shape index (κ1) is 14.6. The summed E-state index contributed by atoms with van der Waals surface area (Å²) in [5.41, 5.74) is 4.22. The Hall–Kier alpha value is -1.35. The first-order chi connectivity index (χ1) is 10.1. The monoisotopic (exact) mass is 286 g/mol. The Balaban J connectivity index is 1.67. The van der Waals surface area contributed by atoms with Crippen molar-refractivity contribution in [2.24, 2.45) is 11.8 Å². The van der Waals surface area contributed by atoms with E-state index in [1.807, 2.05) is 0 Å². The summed E-state index contributed by atoms with van der Waals surface area (Å²) in [4.78, 5) is 12.4. The van der Waals surface area contributed by atoms with E-state index in [-0.39, 0.29) is 17.9 Å². The van der Waals surface area contributed by atoms with Crippen LogP contribution in [-0.4, -0.2) is 19.0 Å². The van der Waals surface area contributed by atoms with Crippen LogP contribution in [0.1, 0.15) is 49.4 Å². The SMILES string of the molecule is CC(NC(=O)C1CNCC1C)c1ccc2c(c1)CCCC2. The quantitative estimate of drug-likeness (QED) is 0.897. The molecule has 0 bridgehead atoms. The lowest BCUT2D eigenvalue weighted by molar-refractivity contribution is -0.126. The molecule has 1 aromatic carbocycles. The Labute approximate surface area is 127 Å². The van der Waals surface area contributed by atoms with Gasteiger partial charge in [0, 0.05) is 6.54 Å². The smallest absolute Gasteiger partial charge is 0.225 e. The average molecular weight is 286 g/mol. The van der Waals surface area contributed by atoms with Gasteiger partial charge in [-0.1, -0.05) is 25.1 Å². The van der Waals surface area contributed by atoms with Crippen LogP contribution in [0, 0.1) is 11.8 Å². The number of amides is 1. The fraction of sp³-hybridized carbons (Fsp3) is 0.611. The maximum Gasteiger partial charge on any atom is 0.225 e. The van der Waals surface area contributed by atoms with Crippen LogP contribution in [-0.2, 0) is 17.6 Å². The second-order valence-electron chi connectivity index (χ2n) is 6.71. The Morgan fingerprint density at radius 1 is 1.24 bits per heavy atom. The van der Waals surface area contributed by atoms with Gasteiger partial charge in [-0.15, -0.1) is 0 Å². The summed E-state index contributed by atoms with van der Waals surface area (Å²) in [6, 6.07) is 6.84. The van der Waals surface area contributed by atoms with Crippen molar-refractivity contribution in [1.29, 1.82) is 0 Å². The molecule has 3 nitrogen and oxygen atoms in total. The van der Waals surface area contributed by atoms with E-state index < -0.39 is 0 Å². The lowest BCUT2D eigenvalue weighted by Crippen LogP contribution is -2.36. The molecule has 1 heterocycles. The molecule has 3 unspecified atom stereocenters. The summed E-state index contributed by atoms with van der Waals surface area (Å²) < 4.78 is 0. The molecular weight excluding hydrogens is 260 g/mol. The zero-order chi connectivity index (χ0) is 14.8. The van der Waals surface area contributed by atoms with Gasteiger partial charge in [-0.2, -0.15) is 0 Å². The lowest BCUT2D eigenvalue weighted by Gasteiger charge is -2.22. The Morgan fingerprint density at radius 3 is 2.71 bits per heavy atom. The molecule has 1 saturated heterocycles. The van der Waals surface area contributed by atoms with Gasteiger partial charge in [0.25, 0.3) is 0 Å². The molecule has 2 N–H and O–H groups in total. The number of rotatable bonds is 3. The third-order valence-electron chi connectivity index (χ3n) is 5.09. The molecule has 0 spiro atoms. The molecule has 1 amide bonds. The predicted octanol–water partition coefficient (Wildman–Crippen LogP) is 2.60. The number of hydrogen-bond acceptors (Lipinski definition) is 2. The Kier molecular flexibility index (Phi) is 4.29. The van der Waals surface area contributed by atoms with Gasteiger partial charge in [-0.3, -0.25) is 4.79 Å². The van der Waals surface area contributed by atoms with E-state index in [0.29, 0.717) is 5.92 Å². The standard InChI is InChI=1S/C18H26N2O/c1-12-10-19-11-17(12)18(21)20-13(2)15-8-7-14-5-3-4-6-16(14)9-15/h7-9,12-13,17,19H,3-6,10-11H2,1-2H3,(H,20,21). The summed E-state index contributed by atoms with van der Waals surface area (Å²) >= 11 is 0. The minimum absolute atomic E-state index is 0.0949. The number of fused-ring (bicyclic) bond motifs is 1. The predicted molar refractivity (Wildman–Crippen MR) is 85.2 cm³/mol. The van der Waals surface area contributed by atoms with Gasteiger partial charge in [0.1, 0.15) is 0 Å². The summed E-state index contributed by atoms with van der Waals surface area (Å²) in [5, 5.41) is 6.49. The minimum Gasteiger partial charge on any atom is -0.349 e. The van der Waals surface area contributed by atoms with Gasteiger partial charge in [0.05, 0.1) is 12.0 Å². The fourth-order valence-corrected chi connectivity index (χ4v) is 3.59. The number of carbonyl (C=O) groups excluding carboxylic acids is 1. The van der Waals surface area contributed by atoms with E-state index in [0.717, 1.165) is 13.1 Å². The first-order valence-corrected chi connectivity index (χ1v) is 8.28. The van der Waals surface area contributed by atoms with Crippen LogP contribution in [0.25, 0.3) is 0 Å². The second kappa shape index (κ2) is 6.18. The van der Waals surface area contributed by atoms with E-state index in [2.05, 4.69) is 42.7 Å². The topological polar surface area (TPSA) is 41.1 Å². The van der Waals surface area contributed by atoms with Crippen LogP contribution in [0.5, 0.6) is 0 Å². The van der Waals surface area contributed by atoms with Gasteiger partial charge < -0.3 is 10.6 Å². The highest BCUT2D eigenvalue weighted by Gasteiger charge is 2.30. The number of hydrogen-bond donors (Lipinski definition) is 2. The molecule has 114 valence electrons. The molecule has 1 fully saturated rings. The Morgan fingerprint density at radius 2 is 2.00 bits per heavy atom. The van der Waals surface area contributed by atoms with Crippen molar-refractivity contribution < 1.29 is 4.79 Å². The maximum atomic E-state index is 12.4. The van der Waals surface area contributed by atoms with Crippen LogP contribution in [0.3, 0.4) is 0 Å². The molecule has 1 aliphatic carbocycles. The largest absolute Gasteiger partial charge is 0.349 e. The van der Waals surface area contributed by atoms with Crippen LogP contribution >= 0.6 is 0 Å². The van der Waals surface area contributed by atoms with E-state index in [4.69, 9.17) is 0 Å². The van der Waals surface area contributed by atoms with Crippen LogP contribution in [0.2, 0.25) is 0 Å². The molecule has 3 atom stereocenters. The van der Waals surface area contributed by atoms with E-state index in [1.54, 1.807) is 0 Å². The van der Waals surface area contributed by atoms with Gasteiger partial charge in [-0.05, 0) is 61.8 Å². The summed E-state index contributed by atoms with van der Waals surface area (Å²) in [7, 11) is 0. The minimum atomic E-state index is 0.0949. The summed E-state index contributed by atoms with van der Waals surface area (Å²) in [6.07, 6.45) is 5.00. The summed E-state index contributed by atoms with van der Waals surface area (Å²) in [5.74, 6) is 0.739. The average Bonchev–Trinajstić information content (AvgIpc) is 2.93. The van der Waals surface area contributed by atoms with Gasteiger partial charge >= 0.3 is 0 Å². The molecule has 1 aromatic rings. The Bertz CT molecular complexity index is 526. The molecule has 1 aliphatic heterocycles. The van der Waals surface area contributed by atoms with Crippen LogP contribution in [0.15, 0.2) is 18.2 Å². The molecule has 21 heavy (non-hydrogen) atoms. The molecular formula is C18H26N2O. The number of carbonyl (C=O) groups is 1. The molecule has 3 heteroatoms. The third kappa shape index (κ3) is 3.13. The number of benzene rings is 1. The molecule has 3 rings (SSSR count). The second-order valence-corrected chi connectivity index (χ2v) is 6.71. The van der Waals surface area contributed by atoms with Crippen LogP contribution < -0.4 is 10.6 Å². The van der Waals surface area contributed by atoms with Crippen molar-refractivity contribution >= 4 is 5.91 Å². The number of aryl methyl sites for hydroxylation is 2. The van der Waals surface area contributed by atoms with Gasteiger partial charge in [0.2, 0.25) is 5.91 Å². The van der Waals surface area contributed by atoms with Crippen molar-refractivity contribution in [3.63, 3.8) is 0 Å². The molecule has 0 aromatic heterocycles. The van der Waals surface area contributed by atoms with Crippen molar-refractivity contribution in [1.82, 2.24) is 10.6 Å². The normalized spacial score (nSPS) is 26.2. The van der Waals surface area contributed by atoms with Crippen molar-refractivity contribution in [2.75, 3.05) is 13.1 Å². The van der Waals surface area contributed by atoms with E-state index >= 15 is 0 Å². The zero-order valence-electron chi connectivity index (χ0n) is 13.1. The van der Waals surface area contributed by atoms with Crippen molar-refractivity contribution in [3.05, 3.63) is 34.9 Å². The van der Waals surface area contributed by atoms with Gasteiger partial charge in [0.15, 0.2) is 0 Å². The van der Waals surface area contributed by atoms with Crippen molar-refractivity contribution in [2.45, 2.75) is 45.6 Å². The highest BCUT2D eigenvalue weighted by atomic mass is 16.2. The van der Waals surface area contributed by atoms with Gasteiger partial charge in [-0.25, -0.2) is 0 Å². The molecule has 2 aliphatic rings. The van der Waals surface area contributed by atoms with E-state index in [9.17, 15) is 4.79 Å². The van der Waals surface area contributed by atoms with Crippen molar-refractivity contribution in [3.8, 4) is 0 Å². The lowest BCUT2D eigenvalue weighted by atomic mass is 9.89. The zero-order valence-corrected chi connectivity index (χ0v) is 13.1. The molecule has 0 saturated carbocycles. The highest BCUT2D eigenvalue weighted by molar-refractivity contribution is 5.80. The molecule has 0 radical (unpaired) electrons. The van der Waals surface area contributed by atoms with E-state index in [1.165, 1.54) is 42.4 Å². The maximum absolute atomic E-state index is 12.4. The third-order valence-corrected chi connectivity index (χ3v) is 5.09. The van der Waals surface area contributed by atoms with Crippen LogP contribution in [0.4, 0.5) is 0 Å². The fourth-order valence-electron chi connectivity index (χ4n) is 3.59. The first-order valence-electron chi connectivity index (χ1n) is 8.28. The number of nitrogens with one attached hydrogen (secondary N) is 2. The summed E-state index contributed by atoms with van der Waals surface area (Å²) in [6.45, 7) is 6.00. The highest BCUT2D eigenvalue weighted by Crippen LogP contribution is 2.25.